The van der Waals surface area contributed by atoms with Gasteiger partial charge in [0.1, 0.15) is 0 Å². The van der Waals surface area contributed by atoms with Gasteiger partial charge in [0.25, 0.3) is 5.91 Å². The summed E-state index contributed by atoms with van der Waals surface area (Å²) in [5, 5.41) is 8.25. The lowest BCUT2D eigenvalue weighted by molar-refractivity contribution is 0.0766. The van der Waals surface area contributed by atoms with E-state index in [1.54, 1.807) is 11.0 Å². The number of aromatic nitrogens is 2. The Morgan fingerprint density at radius 3 is 2.23 bits per heavy atom. The number of hydrogen-bond donors (Lipinski definition) is 0. The first-order valence-electron chi connectivity index (χ1n) is 7.53. The first-order valence-corrected chi connectivity index (χ1v) is 7.53. The maximum absolute atomic E-state index is 12.2. The Kier molecular flexibility index (Phi) is 5.47. The Morgan fingerprint density at radius 2 is 1.68 bits per heavy atom. The van der Waals surface area contributed by atoms with Gasteiger partial charge in [-0.15, -0.1) is 10.2 Å². The second-order valence-corrected chi connectivity index (χ2v) is 5.10. The fourth-order valence-electron chi connectivity index (χ4n) is 2.25. The Labute approximate surface area is 131 Å². The third-order valence-electron chi connectivity index (χ3n) is 3.57. The molecule has 0 bridgehead atoms. The van der Waals surface area contributed by atoms with Gasteiger partial charge in [-0.3, -0.25) is 4.79 Å². The van der Waals surface area contributed by atoms with E-state index >= 15 is 0 Å². The average molecular weight is 298 g/mol. The molecule has 2 aromatic rings. The molecule has 0 spiro atoms. The van der Waals surface area contributed by atoms with Gasteiger partial charge >= 0.3 is 0 Å². The highest BCUT2D eigenvalue weighted by atomic mass is 16.2. The van der Waals surface area contributed by atoms with Gasteiger partial charge in [0.15, 0.2) is 11.5 Å². The van der Waals surface area contributed by atoms with E-state index in [-0.39, 0.29) is 5.91 Å². The summed E-state index contributed by atoms with van der Waals surface area (Å²) in [5.41, 5.74) is 1.59. The molecule has 0 aliphatic heterocycles. The summed E-state index contributed by atoms with van der Waals surface area (Å²) in [4.78, 5) is 15.9. The molecule has 1 heterocycles. The van der Waals surface area contributed by atoms with E-state index < -0.39 is 0 Å². The van der Waals surface area contributed by atoms with Crippen molar-refractivity contribution in [1.82, 2.24) is 15.1 Å². The van der Waals surface area contributed by atoms with Gasteiger partial charge in [0.05, 0.1) is 0 Å². The van der Waals surface area contributed by atoms with Crippen LogP contribution >= 0.6 is 0 Å². The van der Waals surface area contributed by atoms with Crippen LogP contribution in [0.15, 0.2) is 42.5 Å². The summed E-state index contributed by atoms with van der Waals surface area (Å²) in [6, 6.07) is 13.7. The molecule has 0 atom stereocenters. The number of benzene rings is 1. The van der Waals surface area contributed by atoms with Gasteiger partial charge in [0, 0.05) is 26.7 Å². The fraction of sp³-hybridized carbons (Fsp3) is 0.353. The molecule has 116 valence electrons. The van der Waals surface area contributed by atoms with Crippen molar-refractivity contribution in [2.75, 3.05) is 25.0 Å². The van der Waals surface area contributed by atoms with Gasteiger partial charge in [-0.2, -0.15) is 0 Å². The number of carbonyl (C=O) groups excluding carboxylic acids is 1. The number of anilines is 1. The minimum absolute atomic E-state index is 0.0743. The van der Waals surface area contributed by atoms with Crippen LogP contribution in [0.2, 0.25) is 0 Å². The minimum atomic E-state index is -0.0743. The number of nitrogens with zero attached hydrogens (tertiary/aromatic N) is 4. The third-order valence-corrected chi connectivity index (χ3v) is 3.57. The maximum atomic E-state index is 12.2. The van der Waals surface area contributed by atoms with Crippen molar-refractivity contribution < 1.29 is 4.79 Å². The van der Waals surface area contributed by atoms with Crippen LogP contribution in [0.4, 0.5) is 5.82 Å². The van der Waals surface area contributed by atoms with Gasteiger partial charge in [0.2, 0.25) is 0 Å². The van der Waals surface area contributed by atoms with Gasteiger partial charge in [-0.25, -0.2) is 0 Å². The summed E-state index contributed by atoms with van der Waals surface area (Å²) < 4.78 is 0. The molecule has 1 aromatic carbocycles. The Morgan fingerprint density at radius 1 is 1.00 bits per heavy atom. The van der Waals surface area contributed by atoms with Crippen LogP contribution in [0.5, 0.6) is 0 Å². The van der Waals surface area contributed by atoms with Crippen molar-refractivity contribution in [3.05, 3.63) is 53.7 Å². The Hall–Kier alpha value is -2.43. The summed E-state index contributed by atoms with van der Waals surface area (Å²) >= 11 is 0. The normalized spacial score (nSPS) is 10.3. The van der Waals surface area contributed by atoms with Crippen LogP contribution in [0.25, 0.3) is 0 Å². The molecular formula is C17H22N4O. The van der Waals surface area contributed by atoms with E-state index in [1.165, 1.54) is 5.56 Å². The number of carbonyl (C=O) groups is 1. The van der Waals surface area contributed by atoms with Crippen LogP contribution in [0, 0.1) is 0 Å². The molecule has 0 fully saturated rings. The van der Waals surface area contributed by atoms with Crippen molar-refractivity contribution >= 4 is 11.7 Å². The molecule has 0 radical (unpaired) electrons. The van der Waals surface area contributed by atoms with E-state index in [9.17, 15) is 4.79 Å². The lowest BCUT2D eigenvalue weighted by Gasteiger charge is -2.19. The minimum Gasteiger partial charge on any atom is -0.354 e. The highest BCUT2D eigenvalue weighted by molar-refractivity contribution is 5.92. The second kappa shape index (κ2) is 7.54. The van der Waals surface area contributed by atoms with Crippen molar-refractivity contribution in [1.29, 1.82) is 0 Å². The molecule has 5 heteroatoms. The average Bonchev–Trinajstić information content (AvgIpc) is 2.57. The van der Waals surface area contributed by atoms with Gasteiger partial charge in [-0.05, 0) is 31.5 Å². The molecule has 5 nitrogen and oxygen atoms in total. The van der Waals surface area contributed by atoms with Crippen molar-refractivity contribution in [2.45, 2.75) is 20.4 Å². The van der Waals surface area contributed by atoms with E-state index in [0.29, 0.717) is 18.8 Å². The molecule has 0 aliphatic rings. The summed E-state index contributed by atoms with van der Waals surface area (Å²) in [7, 11) is 1.96. The molecule has 1 amide bonds. The smallest absolute Gasteiger partial charge is 0.274 e. The Bertz CT molecular complexity index is 594. The highest BCUT2D eigenvalue weighted by Crippen LogP contribution is 2.12. The summed E-state index contributed by atoms with van der Waals surface area (Å²) in [6.07, 6.45) is 0. The monoisotopic (exact) mass is 298 g/mol. The van der Waals surface area contributed by atoms with Crippen LogP contribution in [-0.4, -0.2) is 41.1 Å². The predicted molar refractivity (Wildman–Crippen MR) is 87.8 cm³/mol. The van der Waals surface area contributed by atoms with E-state index in [0.717, 1.165) is 12.4 Å². The van der Waals surface area contributed by atoms with E-state index in [1.807, 2.05) is 50.1 Å². The zero-order valence-electron chi connectivity index (χ0n) is 13.4. The lowest BCUT2D eigenvalue weighted by atomic mass is 10.2. The van der Waals surface area contributed by atoms with E-state index in [4.69, 9.17) is 0 Å². The quantitative estimate of drug-likeness (QED) is 0.822. The first-order chi connectivity index (χ1) is 10.7. The first kappa shape index (κ1) is 15.9. The topological polar surface area (TPSA) is 49.3 Å². The maximum Gasteiger partial charge on any atom is 0.274 e. The summed E-state index contributed by atoms with van der Waals surface area (Å²) in [6.45, 7) is 6.01. The second-order valence-electron chi connectivity index (χ2n) is 5.10. The van der Waals surface area contributed by atoms with Gasteiger partial charge in [-0.1, -0.05) is 30.3 Å². The van der Waals surface area contributed by atoms with Gasteiger partial charge < -0.3 is 9.80 Å². The van der Waals surface area contributed by atoms with Crippen molar-refractivity contribution in [3.63, 3.8) is 0 Å². The summed E-state index contributed by atoms with van der Waals surface area (Å²) in [5.74, 6) is 0.676. The van der Waals surface area contributed by atoms with Crippen molar-refractivity contribution in [2.24, 2.45) is 0 Å². The Balaban J connectivity index is 2.06. The molecule has 0 saturated heterocycles. The molecule has 0 aliphatic carbocycles. The molecule has 0 saturated carbocycles. The zero-order valence-corrected chi connectivity index (χ0v) is 13.4. The molecular weight excluding hydrogens is 276 g/mol. The molecule has 0 N–H and O–H groups in total. The largest absolute Gasteiger partial charge is 0.354 e. The van der Waals surface area contributed by atoms with Crippen LogP contribution < -0.4 is 4.90 Å². The zero-order chi connectivity index (χ0) is 15.9. The fourth-order valence-corrected chi connectivity index (χ4v) is 2.25. The highest BCUT2D eigenvalue weighted by Gasteiger charge is 2.15. The number of rotatable bonds is 6. The van der Waals surface area contributed by atoms with Crippen LogP contribution in [0.1, 0.15) is 29.9 Å². The molecule has 1 aromatic heterocycles. The van der Waals surface area contributed by atoms with Crippen molar-refractivity contribution in [3.8, 4) is 0 Å². The molecule has 0 unspecified atom stereocenters. The van der Waals surface area contributed by atoms with E-state index in [2.05, 4.69) is 22.3 Å². The number of hydrogen-bond acceptors (Lipinski definition) is 4. The molecule has 22 heavy (non-hydrogen) atoms. The number of amides is 1. The standard InChI is InChI=1S/C17H22N4O/c1-4-21(5-2)17(22)15-11-12-16(19-18-15)20(3)13-14-9-7-6-8-10-14/h6-12H,4-5,13H2,1-3H3. The van der Waals surface area contributed by atoms with Crippen LogP contribution in [-0.2, 0) is 6.54 Å². The third kappa shape index (κ3) is 3.81. The predicted octanol–water partition coefficient (Wildman–Crippen LogP) is 2.60. The van der Waals surface area contributed by atoms with Crippen LogP contribution in [0.3, 0.4) is 0 Å². The molecule has 2 rings (SSSR count). The SMILES string of the molecule is CCN(CC)C(=O)c1ccc(N(C)Cc2ccccc2)nn1. The lowest BCUT2D eigenvalue weighted by Crippen LogP contribution is -2.31.